The molecule has 1 aliphatic carbocycles. The number of nitrogens with two attached hydrogens (primary N) is 2. The average Bonchev–Trinajstić information content (AvgIpc) is 3.20. The summed E-state index contributed by atoms with van der Waals surface area (Å²) >= 11 is 0. The third kappa shape index (κ3) is 3.38. The van der Waals surface area contributed by atoms with Crippen LogP contribution in [0, 0.1) is 0 Å². The molecule has 5 nitrogen and oxygen atoms in total. The van der Waals surface area contributed by atoms with E-state index < -0.39 is 5.91 Å². The van der Waals surface area contributed by atoms with Gasteiger partial charge in [-0.05, 0) is 45.0 Å². The maximum Gasteiger partial charge on any atom is 0.248 e. The van der Waals surface area contributed by atoms with Crippen molar-refractivity contribution in [3.8, 4) is 0 Å². The molecular weight excluding hydrogens is 240 g/mol. The van der Waals surface area contributed by atoms with Crippen LogP contribution in [-0.2, 0) is 0 Å². The van der Waals surface area contributed by atoms with E-state index in [1.54, 1.807) is 18.2 Å². The van der Waals surface area contributed by atoms with Crippen LogP contribution in [0.15, 0.2) is 18.2 Å². The van der Waals surface area contributed by atoms with Crippen molar-refractivity contribution >= 4 is 17.3 Å². The predicted octanol–water partition coefficient (Wildman–Crippen LogP) is 1.26. The van der Waals surface area contributed by atoms with Crippen LogP contribution in [0.1, 0.15) is 30.1 Å². The molecule has 5 N–H and O–H groups in total. The van der Waals surface area contributed by atoms with E-state index in [0.29, 0.717) is 17.3 Å². The quantitative estimate of drug-likeness (QED) is 0.674. The maximum absolute atomic E-state index is 11.0. The van der Waals surface area contributed by atoms with Gasteiger partial charge in [0.15, 0.2) is 0 Å². The van der Waals surface area contributed by atoms with Crippen LogP contribution in [-0.4, -0.2) is 36.5 Å². The van der Waals surface area contributed by atoms with Gasteiger partial charge in [0, 0.05) is 24.2 Å². The van der Waals surface area contributed by atoms with Crippen LogP contribution < -0.4 is 16.8 Å². The third-order valence-corrected chi connectivity index (χ3v) is 3.74. The summed E-state index contributed by atoms with van der Waals surface area (Å²) in [6, 6.07) is 6.30. The van der Waals surface area contributed by atoms with Crippen molar-refractivity contribution in [1.29, 1.82) is 0 Å². The standard InChI is InChI=1S/C14H22N4O/c1-9(18(2)11-4-5-11)8-17-13-6-3-10(14(16)19)7-12(13)15/h3,6-7,9,11,17H,4-5,8,15H2,1-2H3,(H2,16,19). The fourth-order valence-corrected chi connectivity index (χ4v) is 2.12. The molecule has 0 heterocycles. The number of amides is 1. The molecule has 104 valence electrons. The van der Waals surface area contributed by atoms with E-state index in [-0.39, 0.29) is 0 Å². The van der Waals surface area contributed by atoms with Crippen LogP contribution in [0.2, 0.25) is 0 Å². The summed E-state index contributed by atoms with van der Waals surface area (Å²) in [5.41, 5.74) is 13.0. The Kier molecular flexibility index (Phi) is 3.95. The van der Waals surface area contributed by atoms with Gasteiger partial charge >= 0.3 is 0 Å². The summed E-state index contributed by atoms with van der Waals surface area (Å²) in [6.45, 7) is 3.02. The van der Waals surface area contributed by atoms with Crippen molar-refractivity contribution in [2.24, 2.45) is 5.73 Å². The first-order valence-electron chi connectivity index (χ1n) is 6.64. The fourth-order valence-electron chi connectivity index (χ4n) is 2.12. The number of primary amides is 1. The van der Waals surface area contributed by atoms with Gasteiger partial charge < -0.3 is 16.8 Å². The number of likely N-dealkylation sites (N-methyl/N-ethyl adjacent to an activating group) is 1. The van der Waals surface area contributed by atoms with Gasteiger partial charge in [-0.25, -0.2) is 0 Å². The molecule has 5 heteroatoms. The van der Waals surface area contributed by atoms with Gasteiger partial charge in [-0.3, -0.25) is 9.69 Å². The molecule has 1 fully saturated rings. The highest BCUT2D eigenvalue weighted by Crippen LogP contribution is 2.27. The number of carbonyl (C=O) groups excluding carboxylic acids is 1. The zero-order valence-electron chi connectivity index (χ0n) is 11.5. The Labute approximate surface area is 113 Å². The molecule has 19 heavy (non-hydrogen) atoms. The Morgan fingerprint density at radius 1 is 1.53 bits per heavy atom. The van der Waals surface area contributed by atoms with Crippen LogP contribution in [0.25, 0.3) is 0 Å². The van der Waals surface area contributed by atoms with Crippen LogP contribution in [0.4, 0.5) is 11.4 Å². The van der Waals surface area contributed by atoms with E-state index in [2.05, 4.69) is 24.2 Å². The molecular formula is C14H22N4O. The molecule has 0 spiro atoms. The first-order chi connectivity index (χ1) is 8.99. The lowest BCUT2D eigenvalue weighted by molar-refractivity contribution is 0.100. The number of hydrogen-bond acceptors (Lipinski definition) is 4. The number of hydrogen-bond donors (Lipinski definition) is 3. The summed E-state index contributed by atoms with van der Waals surface area (Å²) in [5.74, 6) is -0.458. The third-order valence-electron chi connectivity index (χ3n) is 3.74. The summed E-state index contributed by atoms with van der Waals surface area (Å²) in [5, 5.41) is 3.32. The molecule has 0 bridgehead atoms. The summed E-state index contributed by atoms with van der Waals surface area (Å²) in [7, 11) is 2.16. The molecule has 1 saturated carbocycles. The molecule has 1 amide bonds. The first-order valence-corrected chi connectivity index (χ1v) is 6.64. The predicted molar refractivity (Wildman–Crippen MR) is 78.1 cm³/mol. The monoisotopic (exact) mass is 262 g/mol. The topological polar surface area (TPSA) is 84.4 Å². The number of nitrogens with one attached hydrogen (secondary N) is 1. The number of rotatable bonds is 6. The Balaban J connectivity index is 1.93. The molecule has 1 aromatic rings. The second kappa shape index (κ2) is 5.48. The van der Waals surface area contributed by atoms with Crippen molar-refractivity contribution in [1.82, 2.24) is 4.90 Å². The largest absolute Gasteiger partial charge is 0.397 e. The highest BCUT2D eigenvalue weighted by Gasteiger charge is 2.28. The molecule has 0 radical (unpaired) electrons. The molecule has 0 saturated heterocycles. The number of nitrogens with zero attached hydrogens (tertiary/aromatic N) is 1. The summed E-state index contributed by atoms with van der Waals surface area (Å²) in [4.78, 5) is 13.4. The normalized spacial score (nSPS) is 16.4. The minimum Gasteiger partial charge on any atom is -0.397 e. The highest BCUT2D eigenvalue weighted by atomic mass is 16.1. The second-order valence-corrected chi connectivity index (χ2v) is 5.29. The Morgan fingerprint density at radius 3 is 2.74 bits per heavy atom. The number of anilines is 2. The van der Waals surface area contributed by atoms with Gasteiger partial charge in [0.05, 0.1) is 11.4 Å². The summed E-state index contributed by atoms with van der Waals surface area (Å²) in [6.07, 6.45) is 2.60. The minimum absolute atomic E-state index is 0.436. The van der Waals surface area contributed by atoms with Crippen LogP contribution in [0.3, 0.4) is 0 Å². The zero-order valence-corrected chi connectivity index (χ0v) is 11.5. The van der Waals surface area contributed by atoms with Crippen LogP contribution in [0.5, 0.6) is 0 Å². The van der Waals surface area contributed by atoms with E-state index in [1.165, 1.54) is 12.8 Å². The van der Waals surface area contributed by atoms with Crippen molar-refractivity contribution < 1.29 is 4.79 Å². The van der Waals surface area contributed by atoms with E-state index >= 15 is 0 Å². The molecule has 2 rings (SSSR count). The van der Waals surface area contributed by atoms with E-state index in [4.69, 9.17) is 11.5 Å². The van der Waals surface area contributed by atoms with Gasteiger partial charge in [-0.1, -0.05) is 0 Å². The molecule has 0 aliphatic heterocycles. The smallest absolute Gasteiger partial charge is 0.248 e. The Bertz CT molecular complexity index is 471. The van der Waals surface area contributed by atoms with Crippen molar-refractivity contribution in [2.75, 3.05) is 24.6 Å². The van der Waals surface area contributed by atoms with E-state index in [1.807, 2.05) is 0 Å². The number of carbonyl (C=O) groups is 1. The lowest BCUT2D eigenvalue weighted by Crippen LogP contribution is -2.36. The molecule has 1 aliphatic rings. The molecule has 0 aromatic heterocycles. The van der Waals surface area contributed by atoms with Crippen molar-refractivity contribution in [3.63, 3.8) is 0 Å². The van der Waals surface area contributed by atoms with Gasteiger partial charge in [0.1, 0.15) is 0 Å². The van der Waals surface area contributed by atoms with Gasteiger partial charge in [-0.15, -0.1) is 0 Å². The zero-order chi connectivity index (χ0) is 14.0. The van der Waals surface area contributed by atoms with Crippen molar-refractivity contribution in [2.45, 2.75) is 31.8 Å². The summed E-state index contributed by atoms with van der Waals surface area (Å²) < 4.78 is 0. The van der Waals surface area contributed by atoms with Crippen molar-refractivity contribution in [3.05, 3.63) is 23.8 Å². The lowest BCUT2D eigenvalue weighted by Gasteiger charge is -2.25. The second-order valence-electron chi connectivity index (χ2n) is 5.29. The van der Waals surface area contributed by atoms with E-state index in [9.17, 15) is 4.79 Å². The number of nitrogen functional groups attached to an aromatic ring is 1. The fraction of sp³-hybridized carbons (Fsp3) is 0.500. The highest BCUT2D eigenvalue weighted by molar-refractivity contribution is 5.94. The van der Waals surface area contributed by atoms with Gasteiger partial charge in [0.25, 0.3) is 0 Å². The Hall–Kier alpha value is -1.75. The lowest BCUT2D eigenvalue weighted by atomic mass is 10.1. The molecule has 1 unspecified atom stereocenters. The SMILES string of the molecule is CC(CNc1ccc(C(N)=O)cc1N)N(C)C1CC1. The Morgan fingerprint density at radius 2 is 2.21 bits per heavy atom. The van der Waals surface area contributed by atoms with Gasteiger partial charge in [0.2, 0.25) is 5.91 Å². The first kappa shape index (κ1) is 13.7. The minimum atomic E-state index is -0.458. The number of benzene rings is 1. The van der Waals surface area contributed by atoms with E-state index in [0.717, 1.165) is 18.3 Å². The maximum atomic E-state index is 11.0. The molecule has 1 atom stereocenters. The average molecular weight is 262 g/mol. The van der Waals surface area contributed by atoms with Crippen LogP contribution >= 0.6 is 0 Å². The van der Waals surface area contributed by atoms with Gasteiger partial charge in [-0.2, -0.15) is 0 Å². The molecule has 1 aromatic carbocycles.